The molecule has 0 saturated carbocycles. The summed E-state index contributed by atoms with van der Waals surface area (Å²) < 4.78 is 5.13. The molecule has 1 aromatic carbocycles. The maximum absolute atomic E-state index is 12.1. The summed E-state index contributed by atoms with van der Waals surface area (Å²) in [5.41, 5.74) is 1.69. The average Bonchev–Trinajstić information content (AvgIpc) is 2.97. The number of hydrogen-bond donors (Lipinski definition) is 1. The van der Waals surface area contributed by atoms with Gasteiger partial charge in [-0.15, -0.1) is 11.3 Å². The summed E-state index contributed by atoms with van der Waals surface area (Å²) in [7, 11) is 3.16. The largest absolute Gasteiger partial charge is 0.497 e. The number of carbonyl (C=O) groups is 2. The minimum atomic E-state index is -0.282. The Kier molecular flexibility index (Phi) is 6.08. The van der Waals surface area contributed by atoms with E-state index in [4.69, 9.17) is 4.74 Å². The second kappa shape index (κ2) is 8.26. The average molecular weight is 345 g/mol. The minimum absolute atomic E-state index is 0.0418. The monoisotopic (exact) mass is 345 g/mol. The molecule has 0 aliphatic carbocycles. The number of thiazole rings is 1. The molecule has 2 amide bonds. The number of nitrogens with one attached hydrogen (secondary N) is 1. The zero-order chi connectivity index (χ0) is 17.5. The summed E-state index contributed by atoms with van der Waals surface area (Å²) in [5, 5.41) is 5.05. The maximum Gasteiger partial charge on any atom is 0.246 e. The molecule has 0 aliphatic heterocycles. The Bertz CT molecular complexity index is 755. The Morgan fingerprint density at radius 1 is 1.42 bits per heavy atom. The van der Waals surface area contributed by atoms with E-state index in [9.17, 15) is 9.59 Å². The molecule has 0 saturated heterocycles. The fraction of sp³-hybridized carbons (Fsp3) is 0.235. The van der Waals surface area contributed by atoms with Gasteiger partial charge in [-0.2, -0.15) is 0 Å². The third kappa shape index (κ3) is 5.20. The lowest BCUT2D eigenvalue weighted by Gasteiger charge is -2.14. The molecule has 0 aliphatic rings. The highest BCUT2D eigenvalue weighted by molar-refractivity contribution is 7.13. The van der Waals surface area contributed by atoms with Gasteiger partial charge in [-0.05, 0) is 30.7 Å². The van der Waals surface area contributed by atoms with Crippen LogP contribution in [0, 0.1) is 6.92 Å². The Labute approximate surface area is 144 Å². The van der Waals surface area contributed by atoms with Gasteiger partial charge < -0.3 is 15.0 Å². The highest BCUT2D eigenvalue weighted by Crippen LogP contribution is 2.15. The van der Waals surface area contributed by atoms with Crippen molar-refractivity contribution in [3.05, 3.63) is 47.0 Å². The lowest BCUT2D eigenvalue weighted by Crippen LogP contribution is -2.33. The third-order valence-electron chi connectivity index (χ3n) is 3.13. The first-order chi connectivity index (χ1) is 11.5. The van der Waals surface area contributed by atoms with Crippen LogP contribution in [0.15, 0.2) is 35.7 Å². The number of aromatic nitrogens is 1. The van der Waals surface area contributed by atoms with Gasteiger partial charge in [-0.1, -0.05) is 12.1 Å². The SMILES string of the molecule is COc1cccc(/C=C/C(=O)N(C)CC(=O)Nc2nc(C)cs2)c1. The van der Waals surface area contributed by atoms with Gasteiger partial charge in [0.2, 0.25) is 11.8 Å². The Balaban J connectivity index is 1.89. The van der Waals surface area contributed by atoms with Gasteiger partial charge >= 0.3 is 0 Å². The van der Waals surface area contributed by atoms with Crippen LogP contribution in [0.2, 0.25) is 0 Å². The number of likely N-dealkylation sites (N-methyl/N-ethyl adjacent to an activating group) is 1. The van der Waals surface area contributed by atoms with E-state index < -0.39 is 0 Å². The minimum Gasteiger partial charge on any atom is -0.497 e. The second-order valence-electron chi connectivity index (χ2n) is 5.15. The van der Waals surface area contributed by atoms with Crippen LogP contribution >= 0.6 is 11.3 Å². The van der Waals surface area contributed by atoms with E-state index in [1.807, 2.05) is 36.6 Å². The number of methoxy groups -OCH3 is 1. The highest BCUT2D eigenvalue weighted by atomic mass is 32.1. The number of aryl methyl sites for hydroxylation is 1. The van der Waals surface area contributed by atoms with E-state index in [0.717, 1.165) is 17.0 Å². The van der Waals surface area contributed by atoms with Crippen LogP contribution in [-0.4, -0.2) is 42.4 Å². The van der Waals surface area contributed by atoms with Crippen LogP contribution in [0.5, 0.6) is 5.75 Å². The summed E-state index contributed by atoms with van der Waals surface area (Å²) in [4.78, 5) is 29.5. The lowest BCUT2D eigenvalue weighted by molar-refractivity contribution is -0.129. The van der Waals surface area contributed by atoms with Crippen molar-refractivity contribution in [2.75, 3.05) is 26.0 Å². The fourth-order valence-corrected chi connectivity index (χ4v) is 2.61. The van der Waals surface area contributed by atoms with Crippen molar-refractivity contribution in [1.29, 1.82) is 0 Å². The van der Waals surface area contributed by atoms with Crippen molar-refractivity contribution in [2.24, 2.45) is 0 Å². The molecule has 7 heteroatoms. The molecule has 1 aromatic heterocycles. The number of hydrogen-bond acceptors (Lipinski definition) is 5. The topological polar surface area (TPSA) is 71.5 Å². The first-order valence-corrected chi connectivity index (χ1v) is 8.15. The Hall–Kier alpha value is -2.67. The molecule has 1 N–H and O–H groups in total. The van der Waals surface area contributed by atoms with Crippen LogP contribution in [0.1, 0.15) is 11.3 Å². The van der Waals surface area contributed by atoms with Crippen LogP contribution in [0.3, 0.4) is 0 Å². The first-order valence-electron chi connectivity index (χ1n) is 7.27. The van der Waals surface area contributed by atoms with Gasteiger partial charge in [0.05, 0.1) is 19.3 Å². The second-order valence-corrected chi connectivity index (χ2v) is 6.00. The molecule has 2 aromatic rings. The van der Waals surface area contributed by atoms with Gasteiger partial charge in [0, 0.05) is 18.5 Å². The van der Waals surface area contributed by atoms with Crippen molar-refractivity contribution < 1.29 is 14.3 Å². The van der Waals surface area contributed by atoms with E-state index in [1.54, 1.807) is 20.2 Å². The molecule has 0 bridgehead atoms. The van der Waals surface area contributed by atoms with Crippen LogP contribution in [0.4, 0.5) is 5.13 Å². The van der Waals surface area contributed by atoms with Gasteiger partial charge in [0.25, 0.3) is 0 Å². The number of benzene rings is 1. The number of rotatable bonds is 6. The van der Waals surface area contributed by atoms with Gasteiger partial charge in [-0.3, -0.25) is 9.59 Å². The van der Waals surface area contributed by atoms with Crippen LogP contribution in [-0.2, 0) is 9.59 Å². The molecule has 126 valence electrons. The fourth-order valence-electron chi connectivity index (χ4n) is 1.90. The van der Waals surface area contributed by atoms with E-state index in [-0.39, 0.29) is 18.4 Å². The lowest BCUT2D eigenvalue weighted by atomic mass is 10.2. The predicted octanol–water partition coefficient (Wildman–Crippen LogP) is 2.57. The quantitative estimate of drug-likeness (QED) is 0.817. The van der Waals surface area contributed by atoms with Crippen molar-refractivity contribution in [1.82, 2.24) is 9.88 Å². The number of nitrogens with zero attached hydrogens (tertiary/aromatic N) is 2. The van der Waals surface area contributed by atoms with Gasteiger partial charge in [0.1, 0.15) is 5.75 Å². The van der Waals surface area contributed by atoms with E-state index in [0.29, 0.717) is 5.13 Å². The summed E-state index contributed by atoms with van der Waals surface area (Å²) >= 11 is 1.35. The van der Waals surface area contributed by atoms with Crippen LogP contribution < -0.4 is 10.1 Å². The van der Waals surface area contributed by atoms with Crippen LogP contribution in [0.25, 0.3) is 6.08 Å². The highest BCUT2D eigenvalue weighted by Gasteiger charge is 2.12. The van der Waals surface area contributed by atoms with E-state index in [1.165, 1.54) is 22.3 Å². The number of amides is 2. The Morgan fingerprint density at radius 3 is 2.88 bits per heavy atom. The molecule has 24 heavy (non-hydrogen) atoms. The predicted molar refractivity (Wildman–Crippen MR) is 95.1 cm³/mol. The van der Waals surface area contributed by atoms with Crippen molar-refractivity contribution in [3.63, 3.8) is 0 Å². The van der Waals surface area contributed by atoms with E-state index >= 15 is 0 Å². The van der Waals surface area contributed by atoms with Crippen molar-refractivity contribution in [3.8, 4) is 5.75 Å². The summed E-state index contributed by atoms with van der Waals surface area (Å²) in [6, 6.07) is 7.36. The molecule has 2 rings (SSSR count). The Morgan fingerprint density at radius 2 is 2.21 bits per heavy atom. The molecule has 1 heterocycles. The number of ether oxygens (including phenoxy) is 1. The van der Waals surface area contributed by atoms with Crippen molar-refractivity contribution >= 4 is 34.4 Å². The maximum atomic E-state index is 12.1. The van der Waals surface area contributed by atoms with Gasteiger partial charge in [0.15, 0.2) is 5.13 Å². The molecule has 0 unspecified atom stereocenters. The first kappa shape index (κ1) is 17.7. The van der Waals surface area contributed by atoms with E-state index in [2.05, 4.69) is 10.3 Å². The molecule has 0 fully saturated rings. The zero-order valence-electron chi connectivity index (χ0n) is 13.8. The molecule has 6 nitrogen and oxygen atoms in total. The van der Waals surface area contributed by atoms with Gasteiger partial charge in [-0.25, -0.2) is 4.98 Å². The smallest absolute Gasteiger partial charge is 0.246 e. The number of anilines is 1. The number of carbonyl (C=O) groups excluding carboxylic acids is 2. The summed E-state index contributed by atoms with van der Waals surface area (Å²) in [6.07, 6.45) is 3.11. The standard InChI is InChI=1S/C17H19N3O3S/c1-12-11-24-17(18-12)19-15(21)10-20(2)16(22)8-7-13-5-4-6-14(9-13)23-3/h4-9,11H,10H2,1-3H3,(H,18,19,21)/b8-7+. The third-order valence-corrected chi connectivity index (χ3v) is 4.01. The molecule has 0 spiro atoms. The molecular formula is C17H19N3O3S. The molecule has 0 atom stereocenters. The summed E-state index contributed by atoms with van der Waals surface area (Å²) in [6.45, 7) is 1.81. The molecular weight excluding hydrogens is 326 g/mol. The normalized spacial score (nSPS) is 10.6. The summed E-state index contributed by atoms with van der Waals surface area (Å²) in [5.74, 6) is 0.175. The zero-order valence-corrected chi connectivity index (χ0v) is 14.6. The van der Waals surface area contributed by atoms with Crippen molar-refractivity contribution in [2.45, 2.75) is 6.92 Å². The molecule has 0 radical (unpaired) electrons.